The van der Waals surface area contributed by atoms with Crippen molar-refractivity contribution in [1.82, 2.24) is 4.57 Å². The Bertz CT molecular complexity index is 578. The van der Waals surface area contributed by atoms with E-state index in [-0.39, 0.29) is 5.75 Å². The van der Waals surface area contributed by atoms with Crippen LogP contribution in [0.1, 0.15) is 6.92 Å². The van der Waals surface area contributed by atoms with Crippen LogP contribution in [0, 0.1) is 0 Å². The van der Waals surface area contributed by atoms with E-state index in [4.69, 9.17) is 4.74 Å². The zero-order valence-electron chi connectivity index (χ0n) is 10.6. The average molecular weight is 277 g/mol. The molecule has 5 heteroatoms. The van der Waals surface area contributed by atoms with Gasteiger partial charge in [0.05, 0.1) is 28.0 Å². The third-order valence-corrected chi connectivity index (χ3v) is 3.88. The van der Waals surface area contributed by atoms with Crippen molar-refractivity contribution in [2.75, 3.05) is 12.4 Å². The quantitative estimate of drug-likeness (QED) is 0.787. The smallest absolute Gasteiger partial charge is 0.318 e. The fraction of sp³-hybridized carbons (Fsp3) is 0.214. The van der Waals surface area contributed by atoms with Gasteiger partial charge >= 0.3 is 5.97 Å². The molecule has 1 aromatic heterocycles. The van der Waals surface area contributed by atoms with E-state index in [0.717, 1.165) is 5.69 Å². The molecule has 0 aliphatic carbocycles. The van der Waals surface area contributed by atoms with Crippen LogP contribution in [-0.4, -0.2) is 27.1 Å². The SMILES string of the molecule is CCOC(=O)CS(=O)c1ccccc1-n1cccc1. The molecule has 2 aromatic rings. The molecule has 100 valence electrons. The largest absolute Gasteiger partial charge is 0.465 e. The number of ether oxygens (including phenoxy) is 1. The van der Waals surface area contributed by atoms with Gasteiger partial charge in [-0.2, -0.15) is 0 Å². The Balaban J connectivity index is 2.25. The van der Waals surface area contributed by atoms with Crippen molar-refractivity contribution in [3.05, 3.63) is 48.8 Å². The molecule has 1 atom stereocenters. The lowest BCUT2D eigenvalue weighted by molar-refractivity contribution is -0.139. The highest BCUT2D eigenvalue weighted by molar-refractivity contribution is 7.85. The molecule has 4 nitrogen and oxygen atoms in total. The molecule has 19 heavy (non-hydrogen) atoms. The number of hydrogen-bond acceptors (Lipinski definition) is 3. The molecule has 0 bridgehead atoms. The average Bonchev–Trinajstić information content (AvgIpc) is 2.92. The van der Waals surface area contributed by atoms with Crippen LogP contribution in [0.25, 0.3) is 5.69 Å². The maximum atomic E-state index is 12.2. The lowest BCUT2D eigenvalue weighted by atomic mass is 10.3. The number of rotatable bonds is 5. The summed E-state index contributed by atoms with van der Waals surface area (Å²) in [6.45, 7) is 2.03. The minimum Gasteiger partial charge on any atom is -0.465 e. The fourth-order valence-electron chi connectivity index (χ4n) is 1.75. The number of hydrogen-bond donors (Lipinski definition) is 0. The van der Waals surface area contributed by atoms with E-state index in [1.165, 1.54) is 0 Å². The molecule has 0 saturated carbocycles. The standard InChI is InChI=1S/C14H15NO3S/c1-2-18-14(16)11-19(17)13-8-4-3-7-12(13)15-9-5-6-10-15/h3-10H,2,11H2,1H3. The molecule has 0 spiro atoms. The molecule has 0 aliphatic heterocycles. The van der Waals surface area contributed by atoms with Crippen molar-refractivity contribution in [2.24, 2.45) is 0 Å². The van der Waals surface area contributed by atoms with Gasteiger partial charge in [-0.25, -0.2) is 0 Å². The first-order valence-electron chi connectivity index (χ1n) is 5.98. The molecular weight excluding hydrogens is 262 g/mol. The predicted octanol–water partition coefficient (Wildman–Crippen LogP) is 2.15. The molecule has 0 saturated heterocycles. The molecule has 0 amide bonds. The van der Waals surface area contributed by atoms with Gasteiger partial charge in [-0.15, -0.1) is 0 Å². The first-order valence-corrected chi connectivity index (χ1v) is 7.30. The molecular formula is C14H15NO3S. The number of aromatic nitrogens is 1. The van der Waals surface area contributed by atoms with Crippen LogP contribution in [0.5, 0.6) is 0 Å². The Hall–Kier alpha value is -1.88. The molecule has 1 heterocycles. The molecule has 0 N–H and O–H groups in total. The van der Waals surface area contributed by atoms with Gasteiger partial charge in [-0.1, -0.05) is 12.1 Å². The number of carbonyl (C=O) groups excluding carboxylic acids is 1. The highest BCUT2D eigenvalue weighted by Gasteiger charge is 2.14. The highest BCUT2D eigenvalue weighted by atomic mass is 32.2. The maximum Gasteiger partial charge on any atom is 0.318 e. The van der Waals surface area contributed by atoms with Crippen LogP contribution in [-0.2, 0) is 20.3 Å². The molecule has 0 fully saturated rings. The summed E-state index contributed by atoms with van der Waals surface area (Å²) in [4.78, 5) is 12.0. The first kappa shape index (κ1) is 13.5. The summed E-state index contributed by atoms with van der Waals surface area (Å²) in [6.07, 6.45) is 3.75. The summed E-state index contributed by atoms with van der Waals surface area (Å²) in [5, 5.41) is 0. The van der Waals surface area contributed by atoms with Crippen LogP contribution >= 0.6 is 0 Å². The summed E-state index contributed by atoms with van der Waals surface area (Å²) in [5.41, 5.74) is 0.815. The first-order chi connectivity index (χ1) is 9.22. The second-order valence-corrected chi connectivity index (χ2v) is 5.27. The third-order valence-electron chi connectivity index (χ3n) is 2.55. The highest BCUT2D eigenvalue weighted by Crippen LogP contribution is 2.18. The monoisotopic (exact) mass is 277 g/mol. The zero-order chi connectivity index (χ0) is 13.7. The van der Waals surface area contributed by atoms with E-state index in [1.807, 2.05) is 47.3 Å². The lowest BCUT2D eigenvalue weighted by Gasteiger charge is -2.10. The minimum atomic E-state index is -1.41. The summed E-state index contributed by atoms with van der Waals surface area (Å²) in [5.74, 6) is -0.560. The van der Waals surface area contributed by atoms with E-state index < -0.39 is 16.8 Å². The molecule has 0 radical (unpaired) electrons. The van der Waals surface area contributed by atoms with Crippen molar-refractivity contribution in [2.45, 2.75) is 11.8 Å². The van der Waals surface area contributed by atoms with Gasteiger partial charge < -0.3 is 9.30 Å². The topological polar surface area (TPSA) is 48.3 Å². The van der Waals surface area contributed by atoms with E-state index in [9.17, 15) is 9.00 Å². The van der Waals surface area contributed by atoms with Gasteiger partial charge in [0.15, 0.2) is 0 Å². The van der Waals surface area contributed by atoms with Crippen molar-refractivity contribution in [3.8, 4) is 5.69 Å². The van der Waals surface area contributed by atoms with Crippen molar-refractivity contribution in [3.63, 3.8) is 0 Å². The fourth-order valence-corrected chi connectivity index (χ4v) is 2.84. The summed E-state index contributed by atoms with van der Waals surface area (Å²) >= 11 is 0. The van der Waals surface area contributed by atoms with Crippen LogP contribution in [0.3, 0.4) is 0 Å². The maximum absolute atomic E-state index is 12.2. The summed E-state index contributed by atoms with van der Waals surface area (Å²) in [7, 11) is -1.41. The van der Waals surface area contributed by atoms with E-state index in [2.05, 4.69) is 0 Å². The predicted molar refractivity (Wildman–Crippen MR) is 73.7 cm³/mol. The van der Waals surface area contributed by atoms with Gasteiger partial charge in [-0.3, -0.25) is 9.00 Å². The van der Waals surface area contributed by atoms with Crippen LogP contribution < -0.4 is 0 Å². The molecule has 2 rings (SSSR count). The molecule has 1 unspecified atom stereocenters. The van der Waals surface area contributed by atoms with E-state index in [0.29, 0.717) is 11.5 Å². The Morgan fingerprint density at radius 1 is 1.21 bits per heavy atom. The lowest BCUT2D eigenvalue weighted by Crippen LogP contribution is -2.15. The van der Waals surface area contributed by atoms with Crippen molar-refractivity contribution >= 4 is 16.8 Å². The van der Waals surface area contributed by atoms with E-state index >= 15 is 0 Å². The Morgan fingerprint density at radius 2 is 1.89 bits per heavy atom. The van der Waals surface area contributed by atoms with Gasteiger partial charge in [0.2, 0.25) is 0 Å². The number of esters is 1. The number of carbonyl (C=O) groups is 1. The summed E-state index contributed by atoms with van der Waals surface area (Å²) in [6, 6.07) is 11.1. The minimum absolute atomic E-state index is 0.119. The van der Waals surface area contributed by atoms with Crippen LogP contribution in [0.15, 0.2) is 53.7 Å². The number of benzene rings is 1. The van der Waals surface area contributed by atoms with Crippen LogP contribution in [0.2, 0.25) is 0 Å². The Kier molecular flexibility index (Phi) is 4.52. The molecule has 1 aromatic carbocycles. The Labute approximate surface area is 114 Å². The Morgan fingerprint density at radius 3 is 2.58 bits per heavy atom. The van der Waals surface area contributed by atoms with Gasteiger partial charge in [0.1, 0.15) is 5.75 Å². The molecule has 0 aliphatic rings. The normalized spacial score (nSPS) is 12.1. The van der Waals surface area contributed by atoms with Crippen molar-refractivity contribution in [1.29, 1.82) is 0 Å². The second-order valence-electron chi connectivity index (χ2n) is 3.85. The summed E-state index contributed by atoms with van der Waals surface area (Å²) < 4.78 is 18.9. The van der Waals surface area contributed by atoms with Crippen molar-refractivity contribution < 1.29 is 13.7 Å². The van der Waals surface area contributed by atoms with Gasteiger partial charge in [0, 0.05) is 12.4 Å². The number of para-hydroxylation sites is 1. The third kappa shape index (κ3) is 3.32. The van der Waals surface area contributed by atoms with Gasteiger partial charge in [-0.05, 0) is 31.2 Å². The van der Waals surface area contributed by atoms with E-state index in [1.54, 1.807) is 13.0 Å². The zero-order valence-corrected chi connectivity index (χ0v) is 11.4. The second kappa shape index (κ2) is 6.33. The number of nitrogens with zero attached hydrogens (tertiary/aromatic N) is 1. The van der Waals surface area contributed by atoms with Gasteiger partial charge in [0.25, 0.3) is 0 Å². The van der Waals surface area contributed by atoms with Crippen LogP contribution in [0.4, 0.5) is 0 Å².